The van der Waals surface area contributed by atoms with E-state index in [1.54, 1.807) is 30.6 Å². The number of nitriles is 1. The zero-order chi connectivity index (χ0) is 12.1. The van der Waals surface area contributed by atoms with Crippen molar-refractivity contribution >= 4 is 5.69 Å². The summed E-state index contributed by atoms with van der Waals surface area (Å²) >= 11 is 0. The molecule has 0 saturated carbocycles. The monoisotopic (exact) mass is 227 g/mol. The highest BCUT2D eigenvalue weighted by atomic mass is 19.1. The molecular formula is C13H10FN3. The predicted molar refractivity (Wildman–Crippen MR) is 62.7 cm³/mol. The standard InChI is InChI=1S/C13H10FN3/c14-12-3-1-10(2-4-12)8-17-13-9-16-6-5-11(13)7-15/h1-6,9,17H,8H2. The number of benzene rings is 1. The Balaban J connectivity index is 2.08. The lowest BCUT2D eigenvalue weighted by molar-refractivity contribution is 0.627. The van der Waals surface area contributed by atoms with Crippen LogP contribution < -0.4 is 5.32 Å². The predicted octanol–water partition coefficient (Wildman–Crippen LogP) is 2.70. The molecule has 84 valence electrons. The summed E-state index contributed by atoms with van der Waals surface area (Å²) in [5.41, 5.74) is 2.17. The van der Waals surface area contributed by atoms with Gasteiger partial charge in [-0.2, -0.15) is 5.26 Å². The largest absolute Gasteiger partial charge is 0.379 e. The van der Waals surface area contributed by atoms with Crippen molar-refractivity contribution in [3.05, 3.63) is 59.7 Å². The van der Waals surface area contributed by atoms with Crippen molar-refractivity contribution in [3.63, 3.8) is 0 Å². The third kappa shape index (κ3) is 2.79. The molecule has 0 fully saturated rings. The number of nitrogens with zero attached hydrogens (tertiary/aromatic N) is 2. The van der Waals surface area contributed by atoms with Gasteiger partial charge in [0, 0.05) is 12.7 Å². The fourth-order valence-corrected chi connectivity index (χ4v) is 1.43. The van der Waals surface area contributed by atoms with Gasteiger partial charge >= 0.3 is 0 Å². The van der Waals surface area contributed by atoms with Crippen molar-refractivity contribution in [2.75, 3.05) is 5.32 Å². The molecule has 0 aliphatic rings. The molecule has 1 N–H and O–H groups in total. The van der Waals surface area contributed by atoms with E-state index in [4.69, 9.17) is 5.26 Å². The summed E-state index contributed by atoms with van der Waals surface area (Å²) in [6.45, 7) is 0.528. The summed E-state index contributed by atoms with van der Waals surface area (Å²) < 4.78 is 12.7. The van der Waals surface area contributed by atoms with E-state index in [9.17, 15) is 4.39 Å². The Morgan fingerprint density at radius 1 is 1.24 bits per heavy atom. The van der Waals surface area contributed by atoms with Gasteiger partial charge in [-0.15, -0.1) is 0 Å². The fourth-order valence-electron chi connectivity index (χ4n) is 1.43. The Kier molecular flexibility index (Phi) is 3.31. The number of nitrogens with one attached hydrogen (secondary N) is 1. The van der Waals surface area contributed by atoms with Crippen LogP contribution in [-0.2, 0) is 6.54 Å². The van der Waals surface area contributed by atoms with Gasteiger partial charge < -0.3 is 5.32 Å². The molecule has 0 unspecified atom stereocenters. The molecule has 0 amide bonds. The first-order valence-electron chi connectivity index (χ1n) is 5.12. The number of halogens is 1. The van der Waals surface area contributed by atoms with Gasteiger partial charge in [0.2, 0.25) is 0 Å². The molecule has 2 aromatic rings. The van der Waals surface area contributed by atoms with Gasteiger partial charge in [0.25, 0.3) is 0 Å². The molecule has 0 aliphatic carbocycles. The van der Waals surface area contributed by atoms with Gasteiger partial charge in [0.15, 0.2) is 0 Å². The molecular weight excluding hydrogens is 217 g/mol. The Hall–Kier alpha value is -2.41. The molecule has 0 aliphatic heterocycles. The van der Waals surface area contributed by atoms with Crippen LogP contribution in [-0.4, -0.2) is 4.98 Å². The Labute approximate surface area is 98.5 Å². The summed E-state index contributed by atoms with van der Waals surface area (Å²) in [4.78, 5) is 3.95. The molecule has 0 saturated heterocycles. The van der Waals surface area contributed by atoms with Gasteiger partial charge in [0.05, 0.1) is 17.4 Å². The van der Waals surface area contributed by atoms with Crippen molar-refractivity contribution in [2.24, 2.45) is 0 Å². The minimum Gasteiger partial charge on any atom is -0.379 e. The van der Waals surface area contributed by atoms with E-state index in [-0.39, 0.29) is 5.82 Å². The number of anilines is 1. The van der Waals surface area contributed by atoms with Crippen LogP contribution in [0.5, 0.6) is 0 Å². The number of hydrogen-bond acceptors (Lipinski definition) is 3. The summed E-state index contributed by atoms with van der Waals surface area (Å²) in [5, 5.41) is 12.0. The molecule has 3 nitrogen and oxygen atoms in total. The zero-order valence-electron chi connectivity index (χ0n) is 9.02. The lowest BCUT2D eigenvalue weighted by atomic mass is 10.2. The van der Waals surface area contributed by atoms with Crippen LogP contribution in [0, 0.1) is 17.1 Å². The molecule has 1 aromatic heterocycles. The molecule has 1 heterocycles. The average molecular weight is 227 g/mol. The smallest absolute Gasteiger partial charge is 0.123 e. The first-order valence-corrected chi connectivity index (χ1v) is 5.12. The van der Waals surface area contributed by atoms with E-state index in [0.717, 1.165) is 5.56 Å². The third-order valence-electron chi connectivity index (χ3n) is 2.34. The van der Waals surface area contributed by atoms with E-state index in [1.165, 1.54) is 12.1 Å². The van der Waals surface area contributed by atoms with Crippen LogP contribution in [0.4, 0.5) is 10.1 Å². The van der Waals surface area contributed by atoms with E-state index in [1.807, 2.05) is 0 Å². The van der Waals surface area contributed by atoms with Crippen LogP contribution in [0.25, 0.3) is 0 Å². The van der Waals surface area contributed by atoms with Crippen molar-refractivity contribution in [1.29, 1.82) is 5.26 Å². The lowest BCUT2D eigenvalue weighted by Gasteiger charge is -2.07. The maximum absolute atomic E-state index is 12.7. The van der Waals surface area contributed by atoms with E-state index in [2.05, 4.69) is 16.4 Å². The SMILES string of the molecule is N#Cc1ccncc1NCc1ccc(F)cc1. The second-order valence-corrected chi connectivity index (χ2v) is 3.51. The van der Waals surface area contributed by atoms with Crippen LogP contribution in [0.15, 0.2) is 42.7 Å². The molecule has 1 aromatic carbocycles. The van der Waals surface area contributed by atoms with Gasteiger partial charge in [-0.25, -0.2) is 4.39 Å². The van der Waals surface area contributed by atoms with Crippen molar-refractivity contribution in [2.45, 2.75) is 6.54 Å². The second-order valence-electron chi connectivity index (χ2n) is 3.51. The molecule has 4 heteroatoms. The van der Waals surface area contributed by atoms with Gasteiger partial charge in [-0.05, 0) is 23.8 Å². The topological polar surface area (TPSA) is 48.7 Å². The van der Waals surface area contributed by atoms with Crippen LogP contribution in [0.1, 0.15) is 11.1 Å². The fraction of sp³-hybridized carbons (Fsp3) is 0.0769. The van der Waals surface area contributed by atoms with Crippen LogP contribution in [0.2, 0.25) is 0 Å². The summed E-state index contributed by atoms with van der Waals surface area (Å²) in [5.74, 6) is -0.257. The van der Waals surface area contributed by atoms with Crippen LogP contribution in [0.3, 0.4) is 0 Å². The van der Waals surface area contributed by atoms with Crippen molar-refractivity contribution in [1.82, 2.24) is 4.98 Å². The molecule has 17 heavy (non-hydrogen) atoms. The number of pyridine rings is 1. The molecule has 0 bridgehead atoms. The highest BCUT2D eigenvalue weighted by Gasteiger charge is 2.00. The van der Waals surface area contributed by atoms with E-state index < -0.39 is 0 Å². The minimum atomic E-state index is -0.257. The number of rotatable bonds is 3. The summed E-state index contributed by atoms with van der Waals surface area (Å²) in [7, 11) is 0. The third-order valence-corrected chi connectivity index (χ3v) is 2.34. The molecule has 0 atom stereocenters. The highest BCUT2D eigenvalue weighted by Crippen LogP contribution is 2.13. The molecule has 0 spiro atoms. The first kappa shape index (κ1) is 11.1. The average Bonchev–Trinajstić information content (AvgIpc) is 2.38. The Morgan fingerprint density at radius 2 is 2.00 bits per heavy atom. The summed E-state index contributed by atoms with van der Waals surface area (Å²) in [6, 6.07) is 9.94. The number of aromatic nitrogens is 1. The van der Waals surface area contributed by atoms with Crippen molar-refractivity contribution < 1.29 is 4.39 Å². The Bertz CT molecular complexity index is 543. The maximum atomic E-state index is 12.7. The second kappa shape index (κ2) is 5.08. The molecule has 0 radical (unpaired) electrons. The van der Waals surface area contributed by atoms with E-state index in [0.29, 0.717) is 17.8 Å². The van der Waals surface area contributed by atoms with Gasteiger partial charge in [-0.1, -0.05) is 12.1 Å². The van der Waals surface area contributed by atoms with Crippen LogP contribution >= 0.6 is 0 Å². The first-order chi connectivity index (χ1) is 8.29. The zero-order valence-corrected chi connectivity index (χ0v) is 9.02. The quantitative estimate of drug-likeness (QED) is 0.877. The normalized spacial score (nSPS) is 9.65. The summed E-state index contributed by atoms with van der Waals surface area (Å²) in [6.07, 6.45) is 3.17. The minimum absolute atomic E-state index is 0.257. The van der Waals surface area contributed by atoms with Gasteiger partial charge in [0.1, 0.15) is 11.9 Å². The highest BCUT2D eigenvalue weighted by molar-refractivity contribution is 5.55. The molecule has 2 rings (SSSR count). The van der Waals surface area contributed by atoms with Crippen molar-refractivity contribution in [3.8, 4) is 6.07 Å². The number of hydrogen-bond donors (Lipinski definition) is 1. The maximum Gasteiger partial charge on any atom is 0.123 e. The van der Waals surface area contributed by atoms with E-state index >= 15 is 0 Å². The Morgan fingerprint density at radius 3 is 2.71 bits per heavy atom. The lowest BCUT2D eigenvalue weighted by Crippen LogP contribution is -2.01. The van der Waals surface area contributed by atoms with Gasteiger partial charge in [-0.3, -0.25) is 4.98 Å².